The van der Waals surface area contributed by atoms with Gasteiger partial charge >= 0.3 is 0 Å². The summed E-state index contributed by atoms with van der Waals surface area (Å²) in [6, 6.07) is 3.42. The zero-order chi connectivity index (χ0) is 13.8. The Labute approximate surface area is 114 Å². The number of thioether (sulfide) groups is 1. The number of halogens is 2. The molecule has 0 saturated carbocycles. The minimum Gasteiger partial charge on any atom is -0.329 e. The molecule has 0 aliphatic heterocycles. The topological polar surface area (TPSA) is 56.7 Å². The molecule has 0 radical (unpaired) electrons. The maximum Gasteiger partial charge on any atom is 0.191 e. The summed E-state index contributed by atoms with van der Waals surface area (Å²) in [6.07, 6.45) is 0. The number of nitrogens with zero attached hydrogens (tertiary/aromatic N) is 3. The van der Waals surface area contributed by atoms with Crippen LogP contribution in [0.2, 0.25) is 0 Å². The highest BCUT2D eigenvalue weighted by Crippen LogP contribution is 2.23. The van der Waals surface area contributed by atoms with Gasteiger partial charge in [0.25, 0.3) is 0 Å². The fraction of sp³-hybridized carbons (Fsp3) is 0.333. The van der Waals surface area contributed by atoms with Crippen molar-refractivity contribution in [1.82, 2.24) is 14.8 Å². The van der Waals surface area contributed by atoms with Crippen LogP contribution in [0.25, 0.3) is 0 Å². The van der Waals surface area contributed by atoms with E-state index in [0.29, 0.717) is 29.6 Å². The Hall–Kier alpha value is -1.47. The number of aromatic nitrogens is 3. The van der Waals surface area contributed by atoms with Gasteiger partial charge in [-0.25, -0.2) is 8.78 Å². The molecule has 1 aromatic heterocycles. The van der Waals surface area contributed by atoms with Crippen LogP contribution in [0.4, 0.5) is 8.78 Å². The van der Waals surface area contributed by atoms with E-state index in [4.69, 9.17) is 5.73 Å². The first-order chi connectivity index (χ1) is 9.11. The van der Waals surface area contributed by atoms with Crippen LogP contribution in [0.5, 0.6) is 0 Å². The number of aryl methyl sites for hydroxylation is 1. The summed E-state index contributed by atoms with van der Waals surface area (Å²) in [4.78, 5) is 0. The summed E-state index contributed by atoms with van der Waals surface area (Å²) in [5, 5.41) is 8.62. The van der Waals surface area contributed by atoms with Gasteiger partial charge in [-0.05, 0) is 25.1 Å². The minimum absolute atomic E-state index is 0.298. The predicted octanol–water partition coefficient (Wildman–Crippen LogP) is 2.12. The predicted molar refractivity (Wildman–Crippen MR) is 69.7 cm³/mol. The minimum atomic E-state index is -0.448. The first kappa shape index (κ1) is 14.0. The van der Waals surface area contributed by atoms with Crippen LogP contribution in [0, 0.1) is 18.6 Å². The van der Waals surface area contributed by atoms with E-state index >= 15 is 0 Å². The second-order valence-corrected chi connectivity index (χ2v) is 4.94. The highest BCUT2D eigenvalue weighted by molar-refractivity contribution is 7.98. The molecule has 4 nitrogen and oxygen atoms in total. The molecule has 0 atom stereocenters. The van der Waals surface area contributed by atoms with Gasteiger partial charge in [0.2, 0.25) is 0 Å². The molecule has 2 aromatic rings. The molecule has 0 saturated heterocycles. The van der Waals surface area contributed by atoms with E-state index in [0.717, 1.165) is 18.0 Å². The summed E-state index contributed by atoms with van der Waals surface area (Å²) >= 11 is 1.31. The first-order valence-electron chi connectivity index (χ1n) is 5.78. The standard InChI is InChI=1S/C12H14F2N4S/c1-8-16-17-12(18(8)5-4-15)19-7-9-6-10(13)2-3-11(9)14/h2-3,6H,4-5,7,15H2,1H3. The van der Waals surface area contributed by atoms with Crippen LogP contribution in [0.3, 0.4) is 0 Å². The maximum atomic E-state index is 13.5. The summed E-state index contributed by atoms with van der Waals surface area (Å²) in [7, 11) is 0. The maximum absolute atomic E-state index is 13.5. The average molecular weight is 284 g/mol. The number of nitrogens with two attached hydrogens (primary N) is 1. The Morgan fingerprint density at radius 3 is 2.84 bits per heavy atom. The molecule has 2 rings (SSSR count). The van der Waals surface area contributed by atoms with E-state index in [1.165, 1.54) is 17.8 Å². The van der Waals surface area contributed by atoms with Crippen molar-refractivity contribution >= 4 is 11.8 Å². The Kier molecular flexibility index (Phi) is 4.49. The molecule has 2 N–H and O–H groups in total. The fourth-order valence-electron chi connectivity index (χ4n) is 1.65. The number of hydrogen-bond acceptors (Lipinski definition) is 4. The van der Waals surface area contributed by atoms with E-state index in [9.17, 15) is 8.78 Å². The smallest absolute Gasteiger partial charge is 0.191 e. The van der Waals surface area contributed by atoms with Crippen molar-refractivity contribution in [2.75, 3.05) is 6.54 Å². The lowest BCUT2D eigenvalue weighted by atomic mass is 10.2. The Bertz CT molecular complexity index is 571. The SMILES string of the molecule is Cc1nnc(SCc2cc(F)ccc2F)n1CCN. The first-order valence-corrected chi connectivity index (χ1v) is 6.77. The van der Waals surface area contributed by atoms with Crippen molar-refractivity contribution in [1.29, 1.82) is 0 Å². The zero-order valence-corrected chi connectivity index (χ0v) is 11.3. The van der Waals surface area contributed by atoms with Gasteiger partial charge < -0.3 is 10.3 Å². The molecule has 0 aliphatic rings. The monoisotopic (exact) mass is 284 g/mol. The van der Waals surface area contributed by atoms with E-state index in [1.54, 1.807) is 0 Å². The zero-order valence-electron chi connectivity index (χ0n) is 10.4. The summed E-state index contributed by atoms with van der Waals surface area (Å²) in [5.74, 6) is 0.187. The van der Waals surface area contributed by atoms with Gasteiger partial charge in [-0.1, -0.05) is 11.8 Å². The van der Waals surface area contributed by atoms with E-state index in [2.05, 4.69) is 10.2 Å². The van der Waals surface area contributed by atoms with Crippen molar-refractivity contribution in [2.45, 2.75) is 24.4 Å². The van der Waals surface area contributed by atoms with Gasteiger partial charge in [-0.2, -0.15) is 0 Å². The summed E-state index contributed by atoms with van der Waals surface area (Å²) < 4.78 is 28.4. The van der Waals surface area contributed by atoms with Crippen molar-refractivity contribution in [2.24, 2.45) is 5.73 Å². The molecule has 0 spiro atoms. The number of hydrogen-bond donors (Lipinski definition) is 1. The molecule has 1 heterocycles. The molecule has 102 valence electrons. The second kappa shape index (κ2) is 6.12. The third kappa shape index (κ3) is 3.30. The lowest BCUT2D eigenvalue weighted by Crippen LogP contribution is -2.12. The normalized spacial score (nSPS) is 10.9. The lowest BCUT2D eigenvalue weighted by Gasteiger charge is -2.07. The van der Waals surface area contributed by atoms with Crippen LogP contribution in [0.1, 0.15) is 11.4 Å². The van der Waals surface area contributed by atoms with Gasteiger partial charge in [-0.15, -0.1) is 10.2 Å². The fourth-order valence-corrected chi connectivity index (χ4v) is 2.63. The Morgan fingerprint density at radius 2 is 2.11 bits per heavy atom. The molecule has 0 amide bonds. The van der Waals surface area contributed by atoms with E-state index in [-0.39, 0.29) is 0 Å². The summed E-state index contributed by atoms with van der Waals surface area (Å²) in [5.41, 5.74) is 5.82. The highest BCUT2D eigenvalue weighted by atomic mass is 32.2. The Balaban J connectivity index is 2.12. The molecule has 19 heavy (non-hydrogen) atoms. The van der Waals surface area contributed by atoms with Gasteiger partial charge in [0.05, 0.1) is 0 Å². The molecule has 0 aliphatic carbocycles. The van der Waals surface area contributed by atoms with Crippen LogP contribution in [-0.4, -0.2) is 21.3 Å². The van der Waals surface area contributed by atoms with Crippen LogP contribution in [-0.2, 0) is 12.3 Å². The quantitative estimate of drug-likeness (QED) is 0.854. The molecule has 0 fully saturated rings. The molecule has 0 bridgehead atoms. The van der Waals surface area contributed by atoms with Crippen molar-refractivity contribution in [3.63, 3.8) is 0 Å². The van der Waals surface area contributed by atoms with Gasteiger partial charge in [0.1, 0.15) is 17.5 Å². The summed E-state index contributed by atoms with van der Waals surface area (Å²) in [6.45, 7) is 2.91. The lowest BCUT2D eigenvalue weighted by molar-refractivity contribution is 0.591. The van der Waals surface area contributed by atoms with E-state index < -0.39 is 11.6 Å². The van der Waals surface area contributed by atoms with Crippen LogP contribution in [0.15, 0.2) is 23.4 Å². The Morgan fingerprint density at radius 1 is 1.32 bits per heavy atom. The number of rotatable bonds is 5. The van der Waals surface area contributed by atoms with Crippen molar-refractivity contribution in [3.8, 4) is 0 Å². The van der Waals surface area contributed by atoms with Gasteiger partial charge in [0.15, 0.2) is 5.16 Å². The van der Waals surface area contributed by atoms with Gasteiger partial charge in [0, 0.05) is 24.4 Å². The van der Waals surface area contributed by atoms with Gasteiger partial charge in [-0.3, -0.25) is 0 Å². The highest BCUT2D eigenvalue weighted by Gasteiger charge is 2.11. The average Bonchev–Trinajstić information content (AvgIpc) is 2.73. The van der Waals surface area contributed by atoms with Crippen LogP contribution < -0.4 is 5.73 Å². The number of benzene rings is 1. The van der Waals surface area contributed by atoms with Crippen LogP contribution >= 0.6 is 11.8 Å². The van der Waals surface area contributed by atoms with E-state index in [1.807, 2.05) is 11.5 Å². The third-order valence-corrected chi connectivity index (χ3v) is 3.63. The molecular weight excluding hydrogens is 270 g/mol. The molecule has 0 unspecified atom stereocenters. The second-order valence-electron chi connectivity index (χ2n) is 3.99. The largest absolute Gasteiger partial charge is 0.329 e. The molecule has 7 heteroatoms. The van der Waals surface area contributed by atoms with Crippen molar-refractivity contribution < 1.29 is 8.78 Å². The molecule has 1 aromatic carbocycles. The van der Waals surface area contributed by atoms with Crippen molar-refractivity contribution in [3.05, 3.63) is 41.2 Å². The molecular formula is C12H14F2N4S. The third-order valence-electron chi connectivity index (χ3n) is 2.62.